The lowest BCUT2D eigenvalue weighted by Gasteiger charge is -2.39. The Bertz CT molecular complexity index is 300. The van der Waals surface area contributed by atoms with E-state index in [4.69, 9.17) is 0 Å². The fraction of sp³-hybridized carbons (Fsp3) is 1.00. The van der Waals surface area contributed by atoms with Crippen LogP contribution in [0.15, 0.2) is 0 Å². The van der Waals surface area contributed by atoms with Crippen LogP contribution in [0.4, 0.5) is 0 Å². The molecule has 0 saturated carbocycles. The van der Waals surface area contributed by atoms with Gasteiger partial charge < -0.3 is 5.32 Å². The first-order valence-corrected chi connectivity index (χ1v) is 6.77. The highest BCUT2D eigenvalue weighted by Crippen LogP contribution is 2.29. The third kappa shape index (κ3) is 3.71. The molecule has 0 aromatic heterocycles. The lowest BCUT2D eigenvalue weighted by molar-refractivity contribution is 0.181. The monoisotopic (exact) mass is 235 g/mol. The molecule has 1 saturated heterocycles. The van der Waals surface area contributed by atoms with Crippen LogP contribution >= 0.6 is 0 Å². The molecule has 1 unspecified atom stereocenters. The predicted molar refractivity (Wildman–Crippen MR) is 60.8 cm³/mol. The number of nitrogens with one attached hydrogen (secondary N) is 3. The summed E-state index contributed by atoms with van der Waals surface area (Å²) in [6.07, 6.45) is 2.29. The largest absolute Gasteiger partial charge is 0.312 e. The van der Waals surface area contributed by atoms with Gasteiger partial charge >= 0.3 is 0 Å². The van der Waals surface area contributed by atoms with E-state index in [1.54, 1.807) is 0 Å². The minimum Gasteiger partial charge on any atom is -0.312 e. The lowest BCUT2D eigenvalue weighted by atomic mass is 9.78. The molecule has 5 nitrogen and oxygen atoms in total. The maximum atomic E-state index is 11.2. The molecule has 1 atom stereocenters. The van der Waals surface area contributed by atoms with Gasteiger partial charge in [0, 0.05) is 19.6 Å². The van der Waals surface area contributed by atoms with Crippen molar-refractivity contribution in [2.45, 2.75) is 32.7 Å². The van der Waals surface area contributed by atoms with Gasteiger partial charge in [-0.15, -0.1) is 0 Å². The molecular formula is C9H21N3O2S. The summed E-state index contributed by atoms with van der Waals surface area (Å²) in [7, 11) is -1.90. The highest BCUT2D eigenvalue weighted by Gasteiger charge is 2.32. The van der Waals surface area contributed by atoms with Crippen molar-refractivity contribution in [3.05, 3.63) is 0 Å². The van der Waals surface area contributed by atoms with E-state index in [0.717, 1.165) is 19.4 Å². The zero-order valence-corrected chi connectivity index (χ0v) is 10.4. The minimum atomic E-state index is -3.31. The van der Waals surface area contributed by atoms with Crippen molar-refractivity contribution >= 4 is 10.2 Å². The van der Waals surface area contributed by atoms with Crippen molar-refractivity contribution in [1.82, 2.24) is 14.8 Å². The molecule has 1 heterocycles. The first kappa shape index (κ1) is 12.9. The molecule has 1 aliphatic rings. The van der Waals surface area contributed by atoms with Crippen LogP contribution in [0, 0.1) is 5.41 Å². The quantitative estimate of drug-likeness (QED) is 0.633. The normalized spacial score (nSPS) is 26.5. The Morgan fingerprint density at radius 2 is 2.13 bits per heavy atom. The topological polar surface area (TPSA) is 70.2 Å². The van der Waals surface area contributed by atoms with Crippen molar-refractivity contribution in [2.75, 3.05) is 20.1 Å². The van der Waals surface area contributed by atoms with Gasteiger partial charge in [-0.1, -0.05) is 13.8 Å². The van der Waals surface area contributed by atoms with E-state index in [1.807, 2.05) is 0 Å². The number of piperidine rings is 1. The number of hydrogen-bond donors (Lipinski definition) is 3. The van der Waals surface area contributed by atoms with Crippen LogP contribution in [0.25, 0.3) is 0 Å². The van der Waals surface area contributed by atoms with Crippen LogP contribution in [-0.2, 0) is 10.2 Å². The van der Waals surface area contributed by atoms with Gasteiger partial charge in [0.25, 0.3) is 10.2 Å². The highest BCUT2D eigenvalue weighted by atomic mass is 32.2. The van der Waals surface area contributed by atoms with Crippen molar-refractivity contribution in [1.29, 1.82) is 0 Å². The van der Waals surface area contributed by atoms with E-state index in [-0.39, 0.29) is 11.5 Å². The lowest BCUT2D eigenvalue weighted by Crippen LogP contribution is -2.53. The summed E-state index contributed by atoms with van der Waals surface area (Å²) in [6, 6.07) is 0.203. The third-order valence-electron chi connectivity index (χ3n) is 3.08. The van der Waals surface area contributed by atoms with Gasteiger partial charge in [-0.3, -0.25) is 0 Å². The Kier molecular flexibility index (Phi) is 4.11. The second kappa shape index (κ2) is 4.78. The van der Waals surface area contributed by atoms with Gasteiger partial charge in [-0.05, 0) is 24.8 Å². The van der Waals surface area contributed by atoms with Gasteiger partial charge in [0.2, 0.25) is 0 Å². The van der Waals surface area contributed by atoms with E-state index in [0.29, 0.717) is 6.54 Å². The summed E-state index contributed by atoms with van der Waals surface area (Å²) in [4.78, 5) is 0. The van der Waals surface area contributed by atoms with Gasteiger partial charge in [-0.25, -0.2) is 9.44 Å². The second-order valence-electron chi connectivity index (χ2n) is 4.65. The summed E-state index contributed by atoms with van der Waals surface area (Å²) in [5, 5.41) is 3.35. The van der Waals surface area contributed by atoms with Gasteiger partial charge in [0.1, 0.15) is 0 Å². The smallest absolute Gasteiger partial charge is 0.276 e. The summed E-state index contributed by atoms with van der Waals surface area (Å²) >= 11 is 0. The molecule has 15 heavy (non-hydrogen) atoms. The fourth-order valence-electron chi connectivity index (χ4n) is 1.88. The first-order valence-electron chi connectivity index (χ1n) is 5.29. The molecule has 0 aromatic carbocycles. The Hall–Kier alpha value is -0.170. The summed E-state index contributed by atoms with van der Waals surface area (Å²) in [6.45, 7) is 5.74. The van der Waals surface area contributed by atoms with E-state index in [9.17, 15) is 8.42 Å². The molecule has 0 spiro atoms. The summed E-state index contributed by atoms with van der Waals surface area (Å²) < 4.78 is 27.2. The molecule has 1 aliphatic heterocycles. The van der Waals surface area contributed by atoms with Crippen LogP contribution < -0.4 is 14.8 Å². The molecule has 0 aliphatic carbocycles. The van der Waals surface area contributed by atoms with E-state index in [2.05, 4.69) is 28.6 Å². The fourth-order valence-corrected chi connectivity index (χ4v) is 2.41. The SMILES string of the molecule is CNS(=O)(=O)NCC1NCCCC1(C)C. The van der Waals surface area contributed by atoms with Gasteiger partial charge in [-0.2, -0.15) is 8.42 Å². The molecule has 1 rings (SSSR count). The van der Waals surface area contributed by atoms with Crippen molar-refractivity contribution in [2.24, 2.45) is 5.41 Å². The van der Waals surface area contributed by atoms with Crippen molar-refractivity contribution in [3.63, 3.8) is 0 Å². The van der Waals surface area contributed by atoms with E-state index >= 15 is 0 Å². The van der Waals surface area contributed by atoms with Crippen LogP contribution in [0.1, 0.15) is 26.7 Å². The standard InChI is InChI=1S/C9H21N3O2S/c1-9(2)5-4-6-11-8(9)7-12-15(13,14)10-3/h8,10-12H,4-7H2,1-3H3. The summed E-state index contributed by atoms with van der Waals surface area (Å²) in [5.74, 6) is 0. The molecular weight excluding hydrogens is 214 g/mol. The van der Waals surface area contributed by atoms with E-state index in [1.165, 1.54) is 7.05 Å². The molecule has 3 N–H and O–H groups in total. The van der Waals surface area contributed by atoms with Crippen molar-refractivity contribution in [3.8, 4) is 0 Å². The van der Waals surface area contributed by atoms with Crippen LogP contribution in [0.2, 0.25) is 0 Å². The Balaban J connectivity index is 2.50. The minimum absolute atomic E-state index is 0.147. The number of rotatable bonds is 4. The molecule has 90 valence electrons. The second-order valence-corrected chi connectivity index (χ2v) is 6.36. The van der Waals surface area contributed by atoms with Crippen LogP contribution in [0.5, 0.6) is 0 Å². The van der Waals surface area contributed by atoms with E-state index < -0.39 is 10.2 Å². The molecule has 0 bridgehead atoms. The van der Waals surface area contributed by atoms with Gasteiger partial charge in [0.05, 0.1) is 0 Å². The molecule has 0 amide bonds. The summed E-state index contributed by atoms with van der Waals surface area (Å²) in [5.41, 5.74) is 0.147. The van der Waals surface area contributed by atoms with Gasteiger partial charge in [0.15, 0.2) is 0 Å². The Morgan fingerprint density at radius 1 is 1.47 bits per heavy atom. The molecule has 0 aromatic rings. The molecule has 0 radical (unpaired) electrons. The third-order valence-corrected chi connectivity index (χ3v) is 4.16. The average Bonchev–Trinajstić information content (AvgIpc) is 2.16. The van der Waals surface area contributed by atoms with Crippen LogP contribution in [0.3, 0.4) is 0 Å². The molecule has 1 fully saturated rings. The van der Waals surface area contributed by atoms with Crippen LogP contribution in [-0.4, -0.2) is 34.6 Å². The highest BCUT2D eigenvalue weighted by molar-refractivity contribution is 7.87. The zero-order valence-electron chi connectivity index (χ0n) is 9.63. The number of hydrogen-bond acceptors (Lipinski definition) is 3. The first-order chi connectivity index (χ1) is 6.87. The Labute approximate surface area is 92.2 Å². The molecule has 6 heteroatoms. The Morgan fingerprint density at radius 3 is 2.67 bits per heavy atom. The maximum absolute atomic E-state index is 11.2. The zero-order chi connectivity index (χ0) is 11.5. The maximum Gasteiger partial charge on any atom is 0.276 e. The van der Waals surface area contributed by atoms with Crippen molar-refractivity contribution < 1.29 is 8.42 Å². The predicted octanol–water partition coefficient (Wildman–Crippen LogP) is -0.182. The average molecular weight is 235 g/mol.